The Morgan fingerprint density at radius 2 is 1.74 bits per heavy atom. The predicted octanol–water partition coefficient (Wildman–Crippen LogP) is 4.40. The molecule has 2 saturated carbocycles. The Hall–Kier alpha value is -2.46. The van der Waals surface area contributed by atoms with Gasteiger partial charge < -0.3 is 20.3 Å². The summed E-state index contributed by atoms with van der Waals surface area (Å²) in [6.07, 6.45) is 7.25. The zero-order valence-electron chi connectivity index (χ0n) is 21.5. The fourth-order valence-corrected chi connectivity index (χ4v) is 6.14. The van der Waals surface area contributed by atoms with E-state index < -0.39 is 6.04 Å². The summed E-state index contributed by atoms with van der Waals surface area (Å²) in [7, 11) is 0. The van der Waals surface area contributed by atoms with Crippen molar-refractivity contribution in [3.8, 4) is 0 Å². The van der Waals surface area contributed by atoms with Crippen molar-refractivity contribution in [2.24, 2.45) is 11.8 Å². The Morgan fingerprint density at radius 1 is 1.05 bits per heavy atom. The number of anilines is 2. The summed E-state index contributed by atoms with van der Waals surface area (Å²) in [6, 6.07) is 10.3. The van der Waals surface area contributed by atoms with Crippen LogP contribution in [0, 0.1) is 11.8 Å². The molecule has 3 amide bonds. The second kappa shape index (κ2) is 12.6. The van der Waals surface area contributed by atoms with Crippen LogP contribution in [0.3, 0.4) is 0 Å². The average Bonchev–Trinajstić information content (AvgIpc) is 3.30. The third-order valence-electron chi connectivity index (χ3n) is 7.86. The number of nitrogens with one attached hydrogen (secondary N) is 2. The van der Waals surface area contributed by atoms with E-state index in [0.717, 1.165) is 18.8 Å². The van der Waals surface area contributed by atoms with Gasteiger partial charge in [0, 0.05) is 37.6 Å². The molecule has 2 aliphatic carbocycles. The first-order valence-corrected chi connectivity index (χ1v) is 14.7. The van der Waals surface area contributed by atoms with Crippen LogP contribution in [-0.4, -0.2) is 68.1 Å². The highest BCUT2D eigenvalue weighted by Gasteiger charge is 2.33. The van der Waals surface area contributed by atoms with Gasteiger partial charge in [-0.05, 0) is 73.9 Å². The van der Waals surface area contributed by atoms with Gasteiger partial charge in [0.25, 0.3) is 11.8 Å². The Bertz CT molecular complexity index is 1120. The minimum Gasteiger partial charge on any atom is -0.370 e. The Kier molecular flexibility index (Phi) is 8.99. The highest BCUT2D eigenvalue weighted by Crippen LogP contribution is 2.32. The van der Waals surface area contributed by atoms with Crippen LogP contribution >= 0.6 is 22.9 Å². The second-order valence-corrected chi connectivity index (χ2v) is 12.2. The number of hydrogen-bond acceptors (Lipinski definition) is 6. The number of benzene rings is 1. The van der Waals surface area contributed by atoms with E-state index in [1.54, 1.807) is 17.0 Å². The maximum absolute atomic E-state index is 13.7. The quantitative estimate of drug-likeness (QED) is 0.426. The van der Waals surface area contributed by atoms with Crippen LogP contribution in [0.25, 0.3) is 0 Å². The number of nitrogens with zero attached hydrogens (tertiary/aromatic N) is 2. The van der Waals surface area contributed by atoms with E-state index in [1.165, 1.54) is 49.9 Å². The lowest BCUT2D eigenvalue weighted by atomic mass is 9.82. The lowest BCUT2D eigenvalue weighted by Gasteiger charge is -2.40. The van der Waals surface area contributed by atoms with Gasteiger partial charge in [-0.2, -0.15) is 0 Å². The molecule has 1 atom stereocenters. The molecule has 3 aliphatic rings. The van der Waals surface area contributed by atoms with E-state index in [4.69, 9.17) is 16.3 Å². The molecule has 1 aromatic carbocycles. The maximum atomic E-state index is 13.7. The van der Waals surface area contributed by atoms with E-state index in [1.807, 2.05) is 24.3 Å². The number of carbonyl (C=O) groups is 3. The van der Waals surface area contributed by atoms with Crippen molar-refractivity contribution in [3.63, 3.8) is 0 Å². The van der Waals surface area contributed by atoms with Gasteiger partial charge in [-0.15, -0.1) is 11.3 Å². The van der Waals surface area contributed by atoms with Crippen molar-refractivity contribution in [1.29, 1.82) is 0 Å². The predicted molar refractivity (Wildman–Crippen MR) is 150 cm³/mol. The zero-order valence-corrected chi connectivity index (χ0v) is 23.1. The number of ether oxygens (including phenoxy) is 1. The summed E-state index contributed by atoms with van der Waals surface area (Å²) in [6.45, 7) is 3.06. The maximum Gasteiger partial charge on any atom is 0.261 e. The van der Waals surface area contributed by atoms with Crippen molar-refractivity contribution >= 4 is 52.0 Å². The van der Waals surface area contributed by atoms with Crippen LogP contribution in [0.15, 0.2) is 36.4 Å². The van der Waals surface area contributed by atoms with E-state index in [2.05, 4.69) is 15.5 Å². The Balaban J connectivity index is 1.29. The number of thiophene rings is 1. The molecule has 2 aromatic rings. The minimum absolute atomic E-state index is 0.0708. The molecule has 1 aliphatic heterocycles. The molecular formula is C28H35ClN4O4S. The van der Waals surface area contributed by atoms with Crippen molar-refractivity contribution < 1.29 is 19.1 Å². The van der Waals surface area contributed by atoms with Gasteiger partial charge in [0.2, 0.25) is 5.91 Å². The molecular weight excluding hydrogens is 524 g/mol. The van der Waals surface area contributed by atoms with Crippen LogP contribution in [-0.2, 0) is 14.3 Å². The fourth-order valence-electron chi connectivity index (χ4n) is 5.18. The topological polar surface area (TPSA) is 91.0 Å². The fraction of sp³-hybridized carbons (Fsp3) is 0.536. The highest BCUT2D eigenvalue weighted by atomic mass is 35.5. The summed E-state index contributed by atoms with van der Waals surface area (Å²) in [4.78, 5) is 43.2. The number of hydrogen-bond donors (Lipinski definition) is 2. The van der Waals surface area contributed by atoms with Crippen molar-refractivity contribution in [1.82, 2.24) is 10.2 Å². The Morgan fingerprint density at radius 3 is 2.29 bits per heavy atom. The molecule has 2 heterocycles. The largest absolute Gasteiger partial charge is 0.370 e. The third-order valence-corrected chi connectivity index (χ3v) is 9.09. The lowest BCUT2D eigenvalue weighted by molar-refractivity contribution is -0.125. The lowest BCUT2D eigenvalue weighted by Crippen LogP contribution is -2.54. The number of rotatable bonds is 11. The SMILES string of the molecule is O=C(NC[C@@H](C(=O)Nc1ccc(N2CCOCC2=O)cc1)N(CC1CCC1)CC1CCC1)c1ccc(Cl)s1. The van der Waals surface area contributed by atoms with Crippen molar-refractivity contribution in [2.75, 3.05) is 49.6 Å². The van der Waals surface area contributed by atoms with Gasteiger partial charge in [0.15, 0.2) is 0 Å². The number of carbonyl (C=O) groups excluding carboxylic acids is 3. The molecule has 5 rings (SSSR count). The summed E-state index contributed by atoms with van der Waals surface area (Å²) in [5.74, 6) is 0.776. The molecule has 0 bridgehead atoms. The first-order chi connectivity index (χ1) is 18.5. The highest BCUT2D eigenvalue weighted by molar-refractivity contribution is 7.18. The van der Waals surface area contributed by atoms with Gasteiger partial charge in [0.1, 0.15) is 12.6 Å². The van der Waals surface area contributed by atoms with E-state index in [-0.39, 0.29) is 30.9 Å². The number of morpholine rings is 1. The summed E-state index contributed by atoms with van der Waals surface area (Å²) in [5.41, 5.74) is 1.44. The number of amides is 3. The molecule has 0 spiro atoms. The van der Waals surface area contributed by atoms with Gasteiger partial charge in [-0.25, -0.2) is 0 Å². The summed E-state index contributed by atoms with van der Waals surface area (Å²) in [5, 5.41) is 6.06. The number of halogens is 1. The van der Waals surface area contributed by atoms with E-state index in [9.17, 15) is 14.4 Å². The molecule has 1 aromatic heterocycles. The first kappa shape index (κ1) is 27.1. The van der Waals surface area contributed by atoms with Gasteiger partial charge in [0.05, 0.1) is 15.8 Å². The molecule has 1 saturated heterocycles. The van der Waals surface area contributed by atoms with Crippen LogP contribution in [0.5, 0.6) is 0 Å². The van der Waals surface area contributed by atoms with Crippen LogP contribution in [0.4, 0.5) is 11.4 Å². The molecule has 3 fully saturated rings. The van der Waals surface area contributed by atoms with Crippen LogP contribution < -0.4 is 15.5 Å². The second-order valence-electron chi connectivity index (χ2n) is 10.5. The van der Waals surface area contributed by atoms with Gasteiger partial charge in [-0.1, -0.05) is 24.4 Å². The molecule has 8 nitrogen and oxygen atoms in total. The monoisotopic (exact) mass is 558 g/mol. The molecule has 2 N–H and O–H groups in total. The molecule has 38 heavy (non-hydrogen) atoms. The third kappa shape index (κ3) is 6.75. The first-order valence-electron chi connectivity index (χ1n) is 13.5. The normalized spacial score (nSPS) is 19.1. The Labute approximate surface area is 232 Å². The summed E-state index contributed by atoms with van der Waals surface area (Å²) >= 11 is 7.26. The molecule has 0 radical (unpaired) electrons. The minimum atomic E-state index is -0.490. The smallest absolute Gasteiger partial charge is 0.261 e. The molecule has 204 valence electrons. The van der Waals surface area contributed by atoms with Gasteiger partial charge in [-0.3, -0.25) is 19.3 Å². The van der Waals surface area contributed by atoms with Crippen LogP contribution in [0.2, 0.25) is 4.34 Å². The van der Waals surface area contributed by atoms with Crippen LogP contribution in [0.1, 0.15) is 48.2 Å². The molecule has 10 heteroatoms. The van der Waals surface area contributed by atoms with E-state index >= 15 is 0 Å². The standard InChI is InChI=1S/C28H35ClN4O4S/c29-25-12-11-24(38-25)28(36)30-15-23(32(16-19-3-1-4-19)17-20-5-2-6-20)27(35)31-21-7-9-22(10-8-21)33-13-14-37-18-26(33)34/h7-12,19-20,23H,1-6,13-18H2,(H,30,36)(H,31,35)/t23-/m0/s1. The van der Waals surface area contributed by atoms with Crippen molar-refractivity contribution in [3.05, 3.63) is 45.6 Å². The van der Waals surface area contributed by atoms with Gasteiger partial charge >= 0.3 is 0 Å². The average molecular weight is 559 g/mol. The zero-order chi connectivity index (χ0) is 26.5. The van der Waals surface area contributed by atoms with Crippen molar-refractivity contribution in [2.45, 2.75) is 44.6 Å². The summed E-state index contributed by atoms with van der Waals surface area (Å²) < 4.78 is 5.78. The van der Waals surface area contributed by atoms with E-state index in [0.29, 0.717) is 39.9 Å². The molecule has 0 unspecified atom stereocenters.